The largest absolute Gasteiger partial charge is 0.494 e. The summed E-state index contributed by atoms with van der Waals surface area (Å²) in [7, 11) is 0. The zero-order valence-corrected chi connectivity index (χ0v) is 11.6. The molecule has 0 bridgehead atoms. The summed E-state index contributed by atoms with van der Waals surface area (Å²) in [5.41, 5.74) is 5.97. The van der Waals surface area contributed by atoms with Crippen LogP contribution in [0.5, 0.6) is 5.75 Å². The lowest BCUT2D eigenvalue weighted by Crippen LogP contribution is -2.05. The first-order chi connectivity index (χ1) is 9.22. The Morgan fingerprint density at radius 2 is 1.84 bits per heavy atom. The van der Waals surface area contributed by atoms with Gasteiger partial charge in [0.15, 0.2) is 0 Å². The Labute approximate surface area is 115 Å². The topological polar surface area (TPSA) is 52.3 Å². The molecule has 0 aliphatic rings. The molecule has 0 atom stereocenters. The van der Waals surface area contributed by atoms with E-state index in [0.29, 0.717) is 0 Å². The van der Waals surface area contributed by atoms with Crippen molar-refractivity contribution in [3.63, 3.8) is 0 Å². The zero-order chi connectivity index (χ0) is 13.9. The summed E-state index contributed by atoms with van der Waals surface area (Å²) in [6.45, 7) is 2.98. The molecule has 0 aliphatic carbocycles. The van der Waals surface area contributed by atoms with Crippen molar-refractivity contribution in [2.24, 2.45) is 5.73 Å². The lowest BCUT2D eigenvalue weighted by molar-refractivity contribution is -0.113. The normalized spacial score (nSPS) is 10.8. The van der Waals surface area contributed by atoms with Gasteiger partial charge in [-0.15, -0.1) is 0 Å². The van der Waals surface area contributed by atoms with Crippen LogP contribution in [0.2, 0.25) is 0 Å². The number of carbonyl (C=O) groups is 1. The van der Waals surface area contributed by atoms with Gasteiger partial charge in [0.1, 0.15) is 5.75 Å². The average Bonchev–Trinajstić information content (AvgIpc) is 2.41. The molecule has 0 saturated carbocycles. The van der Waals surface area contributed by atoms with E-state index in [2.05, 4.69) is 6.92 Å². The van der Waals surface area contributed by atoms with E-state index in [1.165, 1.54) is 31.8 Å². The fraction of sp³-hybridized carbons (Fsp3) is 0.438. The molecule has 0 spiro atoms. The van der Waals surface area contributed by atoms with Crippen LogP contribution in [-0.4, -0.2) is 12.5 Å². The molecule has 0 aromatic heterocycles. The highest BCUT2D eigenvalue weighted by Crippen LogP contribution is 2.14. The van der Waals surface area contributed by atoms with E-state index in [1.807, 2.05) is 24.3 Å². The van der Waals surface area contributed by atoms with E-state index in [-0.39, 0.29) is 0 Å². The number of benzene rings is 1. The first-order valence-electron chi connectivity index (χ1n) is 6.92. The minimum absolute atomic E-state index is 0.438. The number of hydrogen-bond acceptors (Lipinski definition) is 2. The number of rotatable bonds is 9. The average molecular weight is 261 g/mol. The quantitative estimate of drug-likeness (QED) is 0.546. The van der Waals surface area contributed by atoms with Gasteiger partial charge < -0.3 is 10.5 Å². The lowest BCUT2D eigenvalue weighted by atomic mass is 10.2. The maximum Gasteiger partial charge on any atom is 0.241 e. The van der Waals surface area contributed by atoms with E-state index in [4.69, 9.17) is 10.5 Å². The molecule has 3 nitrogen and oxygen atoms in total. The molecule has 104 valence electrons. The smallest absolute Gasteiger partial charge is 0.241 e. The van der Waals surface area contributed by atoms with Gasteiger partial charge in [0.2, 0.25) is 5.91 Å². The molecule has 2 N–H and O–H groups in total. The van der Waals surface area contributed by atoms with Gasteiger partial charge in [0, 0.05) is 6.08 Å². The van der Waals surface area contributed by atoms with Crippen molar-refractivity contribution in [1.29, 1.82) is 0 Å². The summed E-state index contributed by atoms with van der Waals surface area (Å²) in [6, 6.07) is 7.64. The molecular weight excluding hydrogens is 238 g/mol. The van der Waals surface area contributed by atoms with E-state index < -0.39 is 5.91 Å². The van der Waals surface area contributed by atoms with Gasteiger partial charge in [-0.2, -0.15) is 0 Å². The van der Waals surface area contributed by atoms with Crippen molar-refractivity contribution in [3.8, 4) is 5.75 Å². The second kappa shape index (κ2) is 9.20. The standard InChI is InChI=1S/C16H23NO2/c1-2-3-4-5-6-13-19-15-10-7-14(8-11-15)9-12-16(17)18/h7-12H,2-6,13H2,1H3,(H2,17,18)/b12-9+. The fourth-order valence-electron chi connectivity index (χ4n) is 1.75. The number of amides is 1. The molecule has 1 amide bonds. The Bertz CT molecular complexity index is 396. The highest BCUT2D eigenvalue weighted by atomic mass is 16.5. The number of primary amides is 1. The third-order valence-corrected chi connectivity index (χ3v) is 2.84. The van der Waals surface area contributed by atoms with E-state index in [1.54, 1.807) is 6.08 Å². The summed E-state index contributed by atoms with van der Waals surface area (Å²) >= 11 is 0. The van der Waals surface area contributed by atoms with Crippen molar-refractivity contribution in [2.75, 3.05) is 6.61 Å². The number of hydrogen-bond donors (Lipinski definition) is 1. The monoisotopic (exact) mass is 261 g/mol. The van der Waals surface area contributed by atoms with Gasteiger partial charge in [-0.3, -0.25) is 4.79 Å². The van der Waals surface area contributed by atoms with E-state index in [0.717, 1.165) is 24.3 Å². The molecule has 3 heteroatoms. The molecule has 0 saturated heterocycles. The van der Waals surface area contributed by atoms with E-state index in [9.17, 15) is 4.79 Å². The Balaban J connectivity index is 2.26. The summed E-state index contributed by atoms with van der Waals surface area (Å²) in [4.78, 5) is 10.6. The molecule has 0 unspecified atom stereocenters. The van der Waals surface area contributed by atoms with Crippen LogP contribution in [0.15, 0.2) is 30.3 Å². The summed E-state index contributed by atoms with van der Waals surface area (Å²) in [6.07, 6.45) is 9.23. The van der Waals surface area contributed by atoms with Crippen molar-refractivity contribution >= 4 is 12.0 Å². The predicted octanol–water partition coefficient (Wildman–Crippen LogP) is 3.53. The van der Waals surface area contributed by atoms with Crippen molar-refractivity contribution in [3.05, 3.63) is 35.9 Å². The highest BCUT2D eigenvalue weighted by molar-refractivity contribution is 5.90. The van der Waals surface area contributed by atoms with Crippen LogP contribution in [0, 0.1) is 0 Å². The summed E-state index contributed by atoms with van der Waals surface area (Å²) in [5.74, 6) is 0.430. The van der Waals surface area contributed by atoms with Gasteiger partial charge in [0.05, 0.1) is 6.61 Å². The number of ether oxygens (including phenoxy) is 1. The van der Waals surface area contributed by atoms with Crippen LogP contribution in [0.4, 0.5) is 0 Å². The van der Waals surface area contributed by atoms with Crippen molar-refractivity contribution in [2.45, 2.75) is 39.0 Å². The predicted molar refractivity (Wildman–Crippen MR) is 78.9 cm³/mol. The SMILES string of the molecule is CCCCCCCOc1ccc(/C=C/C(N)=O)cc1. The maximum atomic E-state index is 10.6. The zero-order valence-electron chi connectivity index (χ0n) is 11.6. The third-order valence-electron chi connectivity index (χ3n) is 2.84. The van der Waals surface area contributed by atoms with Crippen LogP contribution in [0.3, 0.4) is 0 Å². The minimum Gasteiger partial charge on any atom is -0.494 e. The first-order valence-corrected chi connectivity index (χ1v) is 6.92. The fourth-order valence-corrected chi connectivity index (χ4v) is 1.75. The molecule has 1 aromatic carbocycles. The maximum absolute atomic E-state index is 10.6. The first kappa shape index (κ1) is 15.3. The van der Waals surface area contributed by atoms with Gasteiger partial charge in [-0.05, 0) is 30.2 Å². The molecule has 0 aliphatic heterocycles. The number of nitrogens with two attached hydrogens (primary N) is 1. The second-order valence-electron chi connectivity index (χ2n) is 4.57. The molecule has 0 fully saturated rings. The molecular formula is C16H23NO2. The highest BCUT2D eigenvalue weighted by Gasteiger charge is 1.95. The molecule has 19 heavy (non-hydrogen) atoms. The molecule has 0 radical (unpaired) electrons. The van der Waals surface area contributed by atoms with Crippen molar-refractivity contribution < 1.29 is 9.53 Å². The third kappa shape index (κ3) is 7.29. The molecule has 0 heterocycles. The van der Waals surface area contributed by atoms with E-state index >= 15 is 0 Å². The molecule has 1 rings (SSSR count). The van der Waals surface area contributed by atoms with Crippen molar-refractivity contribution in [1.82, 2.24) is 0 Å². The Kier molecular flexibility index (Phi) is 7.40. The summed E-state index contributed by atoms with van der Waals surface area (Å²) < 4.78 is 5.65. The van der Waals surface area contributed by atoms with Crippen LogP contribution in [0.25, 0.3) is 6.08 Å². The molecule has 1 aromatic rings. The van der Waals surface area contributed by atoms with Crippen LogP contribution >= 0.6 is 0 Å². The Morgan fingerprint density at radius 1 is 1.16 bits per heavy atom. The second-order valence-corrected chi connectivity index (χ2v) is 4.57. The Hall–Kier alpha value is -1.77. The Morgan fingerprint density at radius 3 is 2.47 bits per heavy atom. The van der Waals surface area contributed by atoms with Crippen LogP contribution < -0.4 is 10.5 Å². The summed E-state index contributed by atoms with van der Waals surface area (Å²) in [5, 5.41) is 0. The minimum atomic E-state index is -0.438. The van der Waals surface area contributed by atoms with Crippen LogP contribution in [0.1, 0.15) is 44.6 Å². The van der Waals surface area contributed by atoms with Gasteiger partial charge >= 0.3 is 0 Å². The van der Waals surface area contributed by atoms with Gasteiger partial charge in [-0.1, -0.05) is 44.7 Å². The lowest BCUT2D eigenvalue weighted by Gasteiger charge is -2.06. The van der Waals surface area contributed by atoms with Gasteiger partial charge in [-0.25, -0.2) is 0 Å². The number of unbranched alkanes of at least 4 members (excludes halogenated alkanes) is 4. The van der Waals surface area contributed by atoms with Crippen LogP contribution in [-0.2, 0) is 4.79 Å². The number of carbonyl (C=O) groups excluding carboxylic acids is 1. The van der Waals surface area contributed by atoms with Gasteiger partial charge in [0.25, 0.3) is 0 Å².